The van der Waals surface area contributed by atoms with Crippen LogP contribution in [-0.2, 0) is 4.79 Å². The fraction of sp³-hybridized carbons (Fsp3) is 0.588. The van der Waals surface area contributed by atoms with Crippen molar-refractivity contribution in [3.05, 3.63) is 23.0 Å². The molecule has 1 saturated heterocycles. The predicted molar refractivity (Wildman–Crippen MR) is 95.2 cm³/mol. The molecule has 1 aliphatic rings. The highest BCUT2D eigenvalue weighted by Gasteiger charge is 2.30. The van der Waals surface area contributed by atoms with Gasteiger partial charge in [-0.2, -0.15) is 0 Å². The summed E-state index contributed by atoms with van der Waals surface area (Å²) in [6.07, 6.45) is 1.67. The van der Waals surface area contributed by atoms with Crippen molar-refractivity contribution in [3.63, 3.8) is 0 Å². The van der Waals surface area contributed by atoms with E-state index in [9.17, 15) is 9.59 Å². The molecular formula is C17H25ClN4O2. The van der Waals surface area contributed by atoms with Crippen LogP contribution in [0, 0.1) is 12.8 Å². The van der Waals surface area contributed by atoms with Gasteiger partial charge in [-0.3, -0.25) is 4.79 Å². The third-order valence-corrected chi connectivity index (χ3v) is 4.64. The molecule has 0 radical (unpaired) electrons. The monoisotopic (exact) mass is 352 g/mol. The van der Waals surface area contributed by atoms with Gasteiger partial charge in [0.2, 0.25) is 5.91 Å². The molecule has 1 aromatic rings. The molecule has 1 N–H and O–H groups in total. The van der Waals surface area contributed by atoms with E-state index in [0.717, 1.165) is 12.8 Å². The van der Waals surface area contributed by atoms with Gasteiger partial charge in [0.15, 0.2) is 0 Å². The van der Waals surface area contributed by atoms with E-state index in [4.69, 9.17) is 11.6 Å². The molecule has 132 valence electrons. The number of aryl methyl sites for hydroxylation is 1. The van der Waals surface area contributed by atoms with Crippen LogP contribution in [0.15, 0.2) is 12.1 Å². The number of urea groups is 1. The Morgan fingerprint density at radius 1 is 1.38 bits per heavy atom. The summed E-state index contributed by atoms with van der Waals surface area (Å²) in [7, 11) is 0. The highest BCUT2D eigenvalue weighted by atomic mass is 35.5. The second-order valence-electron chi connectivity index (χ2n) is 5.99. The summed E-state index contributed by atoms with van der Waals surface area (Å²) in [5.41, 5.74) is 1.31. The molecule has 1 unspecified atom stereocenters. The van der Waals surface area contributed by atoms with Crippen molar-refractivity contribution in [2.24, 2.45) is 5.92 Å². The number of amides is 3. The third-order valence-electron chi connectivity index (χ3n) is 4.43. The van der Waals surface area contributed by atoms with Crippen LogP contribution in [0.3, 0.4) is 0 Å². The molecule has 6 nitrogen and oxygen atoms in total. The van der Waals surface area contributed by atoms with E-state index >= 15 is 0 Å². The SMILES string of the molecule is CCN(CC)C(=O)C1CCCN(C(=O)Nc2ccc(Cl)nc2C)C1. The Morgan fingerprint density at radius 2 is 2.08 bits per heavy atom. The van der Waals surface area contributed by atoms with Gasteiger partial charge in [0.1, 0.15) is 5.15 Å². The molecule has 0 spiro atoms. The second-order valence-corrected chi connectivity index (χ2v) is 6.38. The van der Waals surface area contributed by atoms with E-state index in [1.165, 1.54) is 0 Å². The largest absolute Gasteiger partial charge is 0.343 e. The summed E-state index contributed by atoms with van der Waals surface area (Å²) in [4.78, 5) is 32.7. The second kappa shape index (κ2) is 8.33. The number of hydrogen-bond acceptors (Lipinski definition) is 3. The summed E-state index contributed by atoms with van der Waals surface area (Å²) < 4.78 is 0. The molecule has 1 atom stereocenters. The van der Waals surface area contributed by atoms with Crippen LogP contribution in [0.1, 0.15) is 32.4 Å². The fourth-order valence-electron chi connectivity index (χ4n) is 3.01. The number of hydrogen-bond donors (Lipinski definition) is 1. The van der Waals surface area contributed by atoms with Gasteiger partial charge >= 0.3 is 6.03 Å². The Kier molecular flexibility index (Phi) is 6.43. The molecule has 0 bridgehead atoms. The summed E-state index contributed by atoms with van der Waals surface area (Å²) in [6.45, 7) is 8.27. The van der Waals surface area contributed by atoms with Crippen LogP contribution >= 0.6 is 11.6 Å². The van der Waals surface area contributed by atoms with Crippen LogP contribution < -0.4 is 5.32 Å². The summed E-state index contributed by atoms with van der Waals surface area (Å²) in [6, 6.07) is 3.19. The maximum atomic E-state index is 12.5. The molecule has 1 aromatic heterocycles. The number of pyridine rings is 1. The van der Waals surface area contributed by atoms with Crippen molar-refractivity contribution in [2.45, 2.75) is 33.6 Å². The normalized spacial score (nSPS) is 17.5. The lowest BCUT2D eigenvalue weighted by molar-refractivity contribution is -0.136. The highest BCUT2D eigenvalue weighted by molar-refractivity contribution is 6.29. The van der Waals surface area contributed by atoms with Crippen molar-refractivity contribution < 1.29 is 9.59 Å². The van der Waals surface area contributed by atoms with Crippen molar-refractivity contribution in [2.75, 3.05) is 31.5 Å². The van der Waals surface area contributed by atoms with Crippen LogP contribution in [-0.4, -0.2) is 52.9 Å². The van der Waals surface area contributed by atoms with Gasteiger partial charge in [-0.15, -0.1) is 0 Å². The average Bonchev–Trinajstić information content (AvgIpc) is 2.58. The molecule has 0 saturated carbocycles. The van der Waals surface area contributed by atoms with Crippen LogP contribution in [0.2, 0.25) is 5.15 Å². The van der Waals surface area contributed by atoms with E-state index in [2.05, 4.69) is 10.3 Å². The van der Waals surface area contributed by atoms with E-state index in [0.29, 0.717) is 42.7 Å². The lowest BCUT2D eigenvalue weighted by atomic mass is 9.96. The predicted octanol–water partition coefficient (Wildman–Crippen LogP) is 3.16. The minimum absolute atomic E-state index is 0.117. The molecule has 1 aliphatic heterocycles. The Hall–Kier alpha value is -1.82. The first-order chi connectivity index (χ1) is 11.5. The van der Waals surface area contributed by atoms with E-state index < -0.39 is 0 Å². The highest BCUT2D eigenvalue weighted by Crippen LogP contribution is 2.21. The van der Waals surface area contributed by atoms with Crippen molar-refractivity contribution in [3.8, 4) is 0 Å². The number of anilines is 1. The number of aromatic nitrogens is 1. The topological polar surface area (TPSA) is 65.5 Å². The standard InChI is InChI=1S/C17H25ClN4O2/c1-4-21(5-2)16(23)13-7-6-10-22(11-13)17(24)20-14-8-9-15(18)19-12(14)3/h8-9,13H,4-7,10-11H2,1-3H3,(H,20,24). The van der Waals surface area contributed by atoms with Crippen molar-refractivity contribution in [1.82, 2.24) is 14.8 Å². The zero-order chi connectivity index (χ0) is 17.7. The quantitative estimate of drug-likeness (QED) is 0.846. The maximum absolute atomic E-state index is 12.5. The molecule has 2 rings (SSSR count). The third kappa shape index (κ3) is 4.38. The van der Waals surface area contributed by atoms with E-state index in [-0.39, 0.29) is 17.9 Å². The number of nitrogens with zero attached hydrogens (tertiary/aromatic N) is 3. The van der Waals surface area contributed by atoms with Gasteiger partial charge in [-0.05, 0) is 45.7 Å². The first kappa shape index (κ1) is 18.5. The number of rotatable bonds is 4. The van der Waals surface area contributed by atoms with E-state index in [1.54, 1.807) is 24.0 Å². The number of piperidine rings is 1. The molecule has 3 amide bonds. The Balaban J connectivity index is 2.01. The van der Waals surface area contributed by atoms with Gasteiger partial charge in [-0.1, -0.05) is 11.6 Å². The molecule has 7 heteroatoms. The first-order valence-corrected chi connectivity index (χ1v) is 8.81. The Bertz CT molecular complexity index is 604. The molecule has 0 aliphatic carbocycles. The van der Waals surface area contributed by atoms with Gasteiger partial charge < -0.3 is 15.1 Å². The first-order valence-electron chi connectivity index (χ1n) is 8.44. The summed E-state index contributed by atoms with van der Waals surface area (Å²) in [5, 5.41) is 3.26. The number of likely N-dealkylation sites (tertiary alicyclic amines) is 1. The fourth-order valence-corrected chi connectivity index (χ4v) is 3.20. The Labute approximate surface area is 148 Å². The van der Waals surface area contributed by atoms with Crippen LogP contribution in [0.25, 0.3) is 0 Å². The van der Waals surface area contributed by atoms with E-state index in [1.807, 2.05) is 18.7 Å². The smallest absolute Gasteiger partial charge is 0.321 e. The minimum atomic E-state index is -0.195. The average molecular weight is 353 g/mol. The molecule has 2 heterocycles. The number of nitrogens with one attached hydrogen (secondary N) is 1. The van der Waals surface area contributed by atoms with Gasteiger partial charge in [0.25, 0.3) is 0 Å². The lowest BCUT2D eigenvalue weighted by Crippen LogP contribution is -2.48. The summed E-state index contributed by atoms with van der Waals surface area (Å²) >= 11 is 5.84. The molecule has 1 fully saturated rings. The maximum Gasteiger partial charge on any atom is 0.321 e. The molecular weight excluding hydrogens is 328 g/mol. The lowest BCUT2D eigenvalue weighted by Gasteiger charge is -2.34. The number of halogens is 1. The zero-order valence-electron chi connectivity index (χ0n) is 14.5. The minimum Gasteiger partial charge on any atom is -0.343 e. The zero-order valence-corrected chi connectivity index (χ0v) is 15.3. The van der Waals surface area contributed by atoms with Gasteiger partial charge in [0.05, 0.1) is 17.3 Å². The number of carbonyl (C=O) groups excluding carboxylic acids is 2. The summed E-state index contributed by atoms with van der Waals surface area (Å²) in [5.74, 6) is 0.0238. The molecule has 0 aromatic carbocycles. The van der Waals surface area contributed by atoms with Gasteiger partial charge in [0, 0.05) is 26.2 Å². The van der Waals surface area contributed by atoms with Crippen molar-refractivity contribution in [1.29, 1.82) is 0 Å². The number of carbonyl (C=O) groups is 2. The molecule has 24 heavy (non-hydrogen) atoms. The van der Waals surface area contributed by atoms with Crippen LogP contribution in [0.4, 0.5) is 10.5 Å². The van der Waals surface area contributed by atoms with Crippen LogP contribution in [0.5, 0.6) is 0 Å². The van der Waals surface area contributed by atoms with Gasteiger partial charge in [-0.25, -0.2) is 9.78 Å². The Morgan fingerprint density at radius 3 is 2.71 bits per heavy atom. The van der Waals surface area contributed by atoms with Crippen molar-refractivity contribution >= 4 is 29.2 Å².